The number of aromatic nitrogens is 2. The van der Waals surface area contributed by atoms with E-state index in [9.17, 15) is 21.6 Å². The van der Waals surface area contributed by atoms with Gasteiger partial charge in [0, 0.05) is 12.1 Å². The Morgan fingerprint density at radius 1 is 1.24 bits per heavy atom. The molecule has 0 spiro atoms. The Hall–Kier alpha value is -2.03. The summed E-state index contributed by atoms with van der Waals surface area (Å²) >= 11 is 0. The van der Waals surface area contributed by atoms with E-state index in [1.807, 2.05) is 0 Å². The number of halogens is 3. The smallest absolute Gasteiger partial charge is 0.332 e. The highest BCUT2D eigenvalue weighted by Gasteiger charge is 2.30. The topological polar surface area (TPSA) is 74.8 Å². The number of benzene rings is 1. The van der Waals surface area contributed by atoms with Crippen LogP contribution in [0.15, 0.2) is 35.5 Å². The predicted octanol–water partition coefficient (Wildman–Crippen LogP) is 2.79. The van der Waals surface area contributed by atoms with Crippen molar-refractivity contribution < 1.29 is 21.6 Å². The molecule has 1 aromatic heterocycles. The first-order valence-electron chi connectivity index (χ1n) is 5.96. The van der Waals surface area contributed by atoms with Crippen molar-refractivity contribution in [3.63, 3.8) is 0 Å². The first-order chi connectivity index (χ1) is 9.72. The van der Waals surface area contributed by atoms with Crippen LogP contribution >= 0.6 is 0 Å². The molecule has 0 atom stereocenters. The van der Waals surface area contributed by atoms with Crippen LogP contribution in [0.4, 0.5) is 18.9 Å². The second kappa shape index (κ2) is 5.40. The number of hydrogen-bond acceptors (Lipinski definition) is 3. The van der Waals surface area contributed by atoms with Gasteiger partial charge < -0.3 is 4.98 Å². The highest BCUT2D eigenvalue weighted by Crippen LogP contribution is 2.30. The molecule has 2 aromatic rings. The lowest BCUT2D eigenvalue weighted by atomic mass is 10.2. The van der Waals surface area contributed by atoms with Crippen molar-refractivity contribution in [3.8, 4) is 0 Å². The Labute approximate surface area is 119 Å². The number of imidazole rings is 1. The molecule has 0 aliphatic carbocycles. The molecule has 1 heterocycles. The second-order valence-electron chi connectivity index (χ2n) is 4.23. The fourth-order valence-electron chi connectivity index (χ4n) is 1.60. The standard InChI is InChI=1S/C12H12F3N3O2S/c1-2-10-16-7-11(17-10)21(19,20)18-9-5-3-8(4-6-9)12(13,14)15/h3-7,18H,2H2,1H3,(H,16,17). The molecule has 1 aromatic carbocycles. The van der Waals surface area contributed by atoms with Crippen LogP contribution in [0.1, 0.15) is 18.3 Å². The van der Waals surface area contributed by atoms with Crippen molar-refractivity contribution in [3.05, 3.63) is 41.9 Å². The predicted molar refractivity (Wildman–Crippen MR) is 70.2 cm³/mol. The van der Waals surface area contributed by atoms with Crippen molar-refractivity contribution in [2.75, 3.05) is 4.72 Å². The van der Waals surface area contributed by atoms with Crippen molar-refractivity contribution >= 4 is 15.7 Å². The van der Waals surface area contributed by atoms with Crippen molar-refractivity contribution in [2.24, 2.45) is 0 Å². The summed E-state index contributed by atoms with van der Waals surface area (Å²) in [6.45, 7) is 1.80. The van der Waals surface area contributed by atoms with Crippen LogP contribution in [0.5, 0.6) is 0 Å². The van der Waals surface area contributed by atoms with E-state index in [2.05, 4.69) is 14.7 Å². The van der Waals surface area contributed by atoms with Crippen LogP contribution in [-0.4, -0.2) is 18.4 Å². The molecule has 0 saturated heterocycles. The number of hydrogen-bond donors (Lipinski definition) is 2. The summed E-state index contributed by atoms with van der Waals surface area (Å²) in [4.78, 5) is 6.48. The van der Waals surface area contributed by atoms with Crippen LogP contribution in [0, 0.1) is 0 Å². The van der Waals surface area contributed by atoms with Crippen LogP contribution in [-0.2, 0) is 22.6 Å². The number of alkyl halides is 3. The largest absolute Gasteiger partial charge is 0.416 e. The maximum Gasteiger partial charge on any atom is 0.416 e. The third-order valence-electron chi connectivity index (χ3n) is 2.69. The maximum absolute atomic E-state index is 12.4. The van der Waals surface area contributed by atoms with E-state index < -0.39 is 21.8 Å². The number of rotatable bonds is 4. The molecule has 9 heteroatoms. The Morgan fingerprint density at radius 3 is 2.33 bits per heavy atom. The van der Waals surface area contributed by atoms with Gasteiger partial charge in [-0.3, -0.25) is 4.72 Å². The average Bonchev–Trinajstić information content (AvgIpc) is 2.87. The Bertz CT molecular complexity index is 721. The Balaban J connectivity index is 2.21. The third-order valence-corrected chi connectivity index (χ3v) is 3.98. The van der Waals surface area contributed by atoms with E-state index in [0.29, 0.717) is 12.2 Å². The first-order valence-corrected chi connectivity index (χ1v) is 7.44. The number of anilines is 1. The maximum atomic E-state index is 12.4. The third kappa shape index (κ3) is 3.54. The summed E-state index contributed by atoms with van der Waals surface area (Å²) in [7, 11) is -3.90. The highest BCUT2D eigenvalue weighted by atomic mass is 32.2. The van der Waals surface area contributed by atoms with E-state index in [-0.39, 0.29) is 10.7 Å². The quantitative estimate of drug-likeness (QED) is 0.910. The summed E-state index contributed by atoms with van der Waals surface area (Å²) in [5.74, 6) is 0.503. The van der Waals surface area contributed by atoms with Gasteiger partial charge in [0.15, 0.2) is 5.03 Å². The molecule has 114 valence electrons. The summed E-state index contributed by atoms with van der Waals surface area (Å²) < 4.78 is 63.4. The van der Waals surface area contributed by atoms with Crippen LogP contribution in [0.25, 0.3) is 0 Å². The van der Waals surface area contributed by atoms with Crippen molar-refractivity contribution in [1.82, 2.24) is 9.97 Å². The monoisotopic (exact) mass is 319 g/mol. The normalized spacial score (nSPS) is 12.4. The number of nitrogens with one attached hydrogen (secondary N) is 2. The van der Waals surface area contributed by atoms with Crippen LogP contribution < -0.4 is 4.72 Å². The SMILES string of the molecule is CCc1ncc(S(=O)(=O)Nc2ccc(C(F)(F)F)cc2)[nH]1. The molecule has 21 heavy (non-hydrogen) atoms. The summed E-state index contributed by atoms with van der Waals surface area (Å²) in [5, 5.41) is -0.140. The van der Waals surface area contributed by atoms with Gasteiger partial charge in [0.2, 0.25) is 0 Å². The molecule has 0 radical (unpaired) electrons. The van der Waals surface area contributed by atoms with Gasteiger partial charge in [-0.05, 0) is 24.3 Å². The molecule has 0 saturated carbocycles. The molecule has 0 fully saturated rings. The van der Waals surface area contributed by atoms with E-state index >= 15 is 0 Å². The minimum atomic E-state index is -4.46. The zero-order valence-electron chi connectivity index (χ0n) is 10.9. The molecule has 0 amide bonds. The van der Waals surface area contributed by atoms with Gasteiger partial charge in [-0.25, -0.2) is 4.98 Å². The Kier molecular flexibility index (Phi) is 3.95. The molecule has 5 nitrogen and oxygen atoms in total. The van der Waals surface area contributed by atoms with Crippen molar-refractivity contribution in [2.45, 2.75) is 24.5 Å². The number of aromatic amines is 1. The van der Waals surface area contributed by atoms with Gasteiger partial charge in [0.05, 0.1) is 11.8 Å². The minimum Gasteiger partial charge on any atom is -0.332 e. The fourth-order valence-corrected chi connectivity index (χ4v) is 2.60. The molecular weight excluding hydrogens is 307 g/mol. The van der Waals surface area contributed by atoms with Crippen molar-refractivity contribution in [1.29, 1.82) is 0 Å². The van der Waals surface area contributed by atoms with Crippen LogP contribution in [0.3, 0.4) is 0 Å². The zero-order valence-corrected chi connectivity index (χ0v) is 11.7. The number of sulfonamides is 1. The van der Waals surface area contributed by atoms with Gasteiger partial charge in [-0.2, -0.15) is 21.6 Å². The lowest BCUT2D eigenvalue weighted by Crippen LogP contribution is -2.14. The summed E-state index contributed by atoms with van der Waals surface area (Å²) in [6.07, 6.45) is -2.77. The lowest BCUT2D eigenvalue weighted by Gasteiger charge is -2.09. The molecule has 0 aliphatic heterocycles. The van der Waals surface area contributed by atoms with E-state index in [1.165, 1.54) is 0 Å². The van der Waals surface area contributed by atoms with E-state index in [4.69, 9.17) is 0 Å². The van der Waals surface area contributed by atoms with Gasteiger partial charge in [0.25, 0.3) is 10.0 Å². The number of H-pyrrole nitrogens is 1. The molecule has 2 rings (SSSR count). The molecule has 0 unspecified atom stereocenters. The van der Waals surface area contributed by atoms with Gasteiger partial charge in [-0.1, -0.05) is 6.92 Å². The molecular formula is C12H12F3N3O2S. The number of aryl methyl sites for hydroxylation is 1. The molecule has 2 N–H and O–H groups in total. The summed E-state index contributed by atoms with van der Waals surface area (Å²) in [6, 6.07) is 3.72. The second-order valence-corrected chi connectivity index (χ2v) is 5.88. The van der Waals surface area contributed by atoms with E-state index in [1.54, 1.807) is 6.92 Å². The summed E-state index contributed by atoms with van der Waals surface area (Å²) in [5.41, 5.74) is -0.809. The van der Waals surface area contributed by atoms with Crippen LogP contribution in [0.2, 0.25) is 0 Å². The molecule has 0 aliphatic rings. The Morgan fingerprint density at radius 2 is 1.86 bits per heavy atom. The van der Waals surface area contributed by atoms with Gasteiger partial charge in [0.1, 0.15) is 5.82 Å². The van der Waals surface area contributed by atoms with Gasteiger partial charge in [-0.15, -0.1) is 0 Å². The minimum absolute atomic E-state index is 0.0376. The average molecular weight is 319 g/mol. The highest BCUT2D eigenvalue weighted by molar-refractivity contribution is 7.92. The fraction of sp³-hybridized carbons (Fsp3) is 0.250. The van der Waals surface area contributed by atoms with Gasteiger partial charge >= 0.3 is 6.18 Å². The molecule has 0 bridgehead atoms. The lowest BCUT2D eigenvalue weighted by molar-refractivity contribution is -0.137. The first kappa shape index (κ1) is 15.4. The zero-order chi connectivity index (χ0) is 15.7. The van der Waals surface area contributed by atoms with E-state index in [0.717, 1.165) is 30.5 Å². The number of nitrogens with zero attached hydrogens (tertiary/aromatic N) is 1.